The van der Waals surface area contributed by atoms with Crippen molar-refractivity contribution < 1.29 is 29.3 Å². The second-order valence-corrected chi connectivity index (χ2v) is 11.5. The molecule has 2 N–H and O–H groups in total. The van der Waals surface area contributed by atoms with Gasteiger partial charge in [0.25, 0.3) is 0 Å². The number of carbonyl (C=O) groups is 2. The van der Waals surface area contributed by atoms with E-state index in [1.165, 1.54) is 6.07 Å². The lowest BCUT2D eigenvalue weighted by atomic mass is 9.82. The normalized spacial score (nSPS) is 16.4. The zero-order chi connectivity index (χ0) is 31.4. The number of carboxylic acids is 1. The van der Waals surface area contributed by atoms with Gasteiger partial charge in [0, 0.05) is 17.2 Å². The first-order valence-electron chi connectivity index (χ1n) is 14.9. The van der Waals surface area contributed by atoms with E-state index in [-0.39, 0.29) is 36.8 Å². The minimum absolute atomic E-state index is 0.0478. The van der Waals surface area contributed by atoms with Crippen LogP contribution in [-0.2, 0) is 14.3 Å². The fourth-order valence-electron chi connectivity index (χ4n) is 5.65. The number of benzene rings is 3. The van der Waals surface area contributed by atoms with Crippen molar-refractivity contribution in [2.24, 2.45) is 11.8 Å². The van der Waals surface area contributed by atoms with Crippen molar-refractivity contribution in [2.75, 3.05) is 13.2 Å². The summed E-state index contributed by atoms with van der Waals surface area (Å²) in [6.45, 7) is 8.27. The molecular weight excluding hydrogens is 558 g/mol. The largest absolute Gasteiger partial charge is 0.507 e. The van der Waals surface area contributed by atoms with Gasteiger partial charge in [-0.2, -0.15) is 0 Å². The quantitative estimate of drug-likeness (QED) is 0.162. The number of aryl methyl sites for hydroxylation is 4. The second kappa shape index (κ2) is 13.2. The molecule has 44 heavy (non-hydrogen) atoms. The molecule has 1 fully saturated rings. The van der Waals surface area contributed by atoms with Gasteiger partial charge in [-0.3, -0.25) is 9.59 Å². The smallest absolute Gasteiger partial charge is 0.309 e. The molecule has 1 saturated carbocycles. The van der Waals surface area contributed by atoms with Crippen molar-refractivity contribution in [1.82, 2.24) is 15.0 Å². The number of phenolic OH excluding ortho intramolecular Hbond substituents is 1. The van der Waals surface area contributed by atoms with Gasteiger partial charge in [0.2, 0.25) is 0 Å². The number of rotatable bonds is 9. The van der Waals surface area contributed by atoms with Crippen LogP contribution in [0.4, 0.5) is 0 Å². The van der Waals surface area contributed by atoms with E-state index in [2.05, 4.69) is 12.1 Å². The van der Waals surface area contributed by atoms with Crippen molar-refractivity contribution in [2.45, 2.75) is 53.4 Å². The molecule has 0 unspecified atom stereocenters. The van der Waals surface area contributed by atoms with E-state index in [1.54, 1.807) is 12.1 Å². The number of esters is 1. The summed E-state index contributed by atoms with van der Waals surface area (Å²) in [4.78, 5) is 37.9. The molecule has 0 bridgehead atoms. The first-order valence-corrected chi connectivity index (χ1v) is 14.9. The molecule has 5 rings (SSSR count). The molecule has 9 heteroatoms. The van der Waals surface area contributed by atoms with Gasteiger partial charge in [-0.25, -0.2) is 15.0 Å². The summed E-state index contributed by atoms with van der Waals surface area (Å²) in [6, 6.07) is 17.1. The summed E-state index contributed by atoms with van der Waals surface area (Å²) in [7, 11) is 0. The molecule has 0 spiro atoms. The highest BCUT2D eigenvalue weighted by molar-refractivity contribution is 5.74. The third-order valence-corrected chi connectivity index (χ3v) is 8.10. The second-order valence-electron chi connectivity index (χ2n) is 11.5. The van der Waals surface area contributed by atoms with E-state index in [1.807, 2.05) is 52.0 Å². The fraction of sp³-hybridized carbons (Fsp3) is 0.343. The minimum atomic E-state index is -0.807. The summed E-state index contributed by atoms with van der Waals surface area (Å²) in [5.41, 5.74) is 6.55. The SMILES string of the molecule is Cc1ccc(-c2nc(-c3ccc(C)cc3C)nc(-c3ccc(OCCOC(=O)C4CCC(C(=O)O)CC4)cc3O)n2)c(C)c1. The van der Waals surface area contributed by atoms with Gasteiger partial charge < -0.3 is 19.7 Å². The van der Waals surface area contributed by atoms with Crippen molar-refractivity contribution in [1.29, 1.82) is 0 Å². The van der Waals surface area contributed by atoms with Crippen LogP contribution in [0.5, 0.6) is 11.5 Å². The van der Waals surface area contributed by atoms with Crippen molar-refractivity contribution in [3.05, 3.63) is 76.9 Å². The number of hydrogen-bond donors (Lipinski definition) is 2. The number of hydrogen-bond acceptors (Lipinski definition) is 8. The Bertz CT molecular complexity index is 1620. The van der Waals surface area contributed by atoms with Crippen molar-refractivity contribution in [3.8, 4) is 45.7 Å². The van der Waals surface area contributed by atoms with E-state index in [0.717, 1.165) is 33.4 Å². The van der Waals surface area contributed by atoms with Crippen molar-refractivity contribution in [3.63, 3.8) is 0 Å². The van der Waals surface area contributed by atoms with Crippen molar-refractivity contribution >= 4 is 11.9 Å². The lowest BCUT2D eigenvalue weighted by Gasteiger charge is -2.24. The highest BCUT2D eigenvalue weighted by Gasteiger charge is 2.30. The van der Waals surface area contributed by atoms with Gasteiger partial charge in [0.1, 0.15) is 24.7 Å². The molecule has 3 aromatic carbocycles. The first kappa shape index (κ1) is 30.7. The summed E-state index contributed by atoms with van der Waals surface area (Å²) in [6.07, 6.45) is 1.99. The summed E-state index contributed by atoms with van der Waals surface area (Å²) in [5.74, 6) is -0.0880. The van der Waals surface area contributed by atoms with Gasteiger partial charge in [-0.1, -0.05) is 47.5 Å². The molecule has 0 atom stereocenters. The van der Waals surface area contributed by atoms with Crippen LogP contribution < -0.4 is 4.74 Å². The van der Waals surface area contributed by atoms with E-state index in [0.29, 0.717) is 54.5 Å². The zero-order valence-electron chi connectivity index (χ0n) is 25.5. The molecule has 1 heterocycles. The molecule has 4 aromatic rings. The maximum Gasteiger partial charge on any atom is 0.309 e. The molecule has 9 nitrogen and oxygen atoms in total. The van der Waals surface area contributed by atoms with Gasteiger partial charge >= 0.3 is 11.9 Å². The molecule has 1 aliphatic rings. The van der Waals surface area contributed by atoms with Crippen LogP contribution in [0.3, 0.4) is 0 Å². The van der Waals surface area contributed by atoms with E-state index < -0.39 is 5.97 Å². The number of aromatic nitrogens is 3. The number of carbonyl (C=O) groups excluding carboxylic acids is 1. The number of carboxylic acid groups (broad SMARTS) is 1. The first-order chi connectivity index (χ1) is 21.1. The Balaban J connectivity index is 1.32. The van der Waals surface area contributed by atoms with Gasteiger partial charge in [0.15, 0.2) is 17.5 Å². The molecular formula is C35H37N3O6. The maximum atomic E-state index is 12.4. The Morgan fingerprint density at radius 2 is 1.20 bits per heavy atom. The Kier molecular flexibility index (Phi) is 9.23. The molecule has 228 valence electrons. The highest BCUT2D eigenvalue weighted by Crippen LogP contribution is 2.34. The summed E-state index contributed by atoms with van der Waals surface area (Å²) >= 11 is 0. The van der Waals surface area contributed by atoms with E-state index >= 15 is 0 Å². The monoisotopic (exact) mass is 595 g/mol. The van der Waals surface area contributed by atoms with Gasteiger partial charge in [-0.05, 0) is 76.6 Å². The van der Waals surface area contributed by atoms with Gasteiger partial charge in [0.05, 0.1) is 17.4 Å². The van der Waals surface area contributed by atoms with Crippen LogP contribution in [0.2, 0.25) is 0 Å². The van der Waals surface area contributed by atoms with Crippen LogP contribution >= 0.6 is 0 Å². The molecule has 1 aromatic heterocycles. The third kappa shape index (κ3) is 7.05. The molecule has 0 saturated heterocycles. The van der Waals surface area contributed by atoms with E-state index in [9.17, 15) is 14.7 Å². The third-order valence-electron chi connectivity index (χ3n) is 8.10. The number of phenols is 1. The van der Waals surface area contributed by atoms with Crippen LogP contribution in [0.1, 0.15) is 47.9 Å². The lowest BCUT2D eigenvalue weighted by molar-refractivity contribution is -0.153. The number of nitrogens with zero attached hydrogens (tertiary/aromatic N) is 3. The highest BCUT2D eigenvalue weighted by atomic mass is 16.6. The molecule has 0 radical (unpaired) electrons. The predicted molar refractivity (Wildman–Crippen MR) is 166 cm³/mol. The predicted octanol–water partition coefficient (Wildman–Crippen LogP) is 6.62. The summed E-state index contributed by atoms with van der Waals surface area (Å²) in [5, 5.41) is 20.2. The molecule has 0 amide bonds. The Morgan fingerprint density at radius 3 is 1.70 bits per heavy atom. The Labute approximate surface area is 257 Å². The van der Waals surface area contributed by atoms with E-state index in [4.69, 9.17) is 29.5 Å². The zero-order valence-corrected chi connectivity index (χ0v) is 25.5. The fourth-order valence-corrected chi connectivity index (χ4v) is 5.65. The maximum absolute atomic E-state index is 12.4. The minimum Gasteiger partial charge on any atom is -0.507 e. The summed E-state index contributed by atoms with van der Waals surface area (Å²) < 4.78 is 11.1. The van der Waals surface area contributed by atoms with Crippen LogP contribution in [-0.4, -0.2) is 50.3 Å². The standard InChI is InChI=1S/C35H37N3O6/c1-20-5-12-27(22(3)17-20)31-36-32(28-13-6-21(2)18-23(28)4)38-33(37-31)29-14-11-26(19-30(29)39)43-15-16-44-35(42)25-9-7-24(8-10-25)34(40)41/h5-6,11-14,17-19,24-25,39H,7-10,15-16H2,1-4H3,(H,40,41). The Morgan fingerprint density at radius 1 is 0.705 bits per heavy atom. The number of aliphatic carboxylic acids is 1. The van der Waals surface area contributed by atoms with Crippen LogP contribution in [0, 0.1) is 39.5 Å². The molecule has 0 aliphatic heterocycles. The van der Waals surface area contributed by atoms with Crippen LogP contribution in [0.25, 0.3) is 34.2 Å². The number of ether oxygens (including phenoxy) is 2. The van der Waals surface area contributed by atoms with Crippen LogP contribution in [0.15, 0.2) is 54.6 Å². The van der Waals surface area contributed by atoms with Gasteiger partial charge in [-0.15, -0.1) is 0 Å². The lowest BCUT2D eigenvalue weighted by Crippen LogP contribution is -2.27. The Hall–Kier alpha value is -4.79. The average molecular weight is 596 g/mol. The molecule has 1 aliphatic carbocycles. The average Bonchev–Trinajstić information content (AvgIpc) is 2.99. The topological polar surface area (TPSA) is 132 Å². The number of aromatic hydroxyl groups is 1.